The van der Waals surface area contributed by atoms with Crippen molar-refractivity contribution in [3.05, 3.63) is 51.5 Å². The molecule has 1 atom stereocenters. The van der Waals surface area contributed by atoms with E-state index < -0.39 is 5.41 Å². The van der Waals surface area contributed by atoms with Crippen molar-refractivity contribution in [2.75, 3.05) is 20.3 Å². The number of aromatic nitrogens is 1. The summed E-state index contributed by atoms with van der Waals surface area (Å²) >= 11 is 1.48. The van der Waals surface area contributed by atoms with E-state index in [0.29, 0.717) is 26.1 Å². The summed E-state index contributed by atoms with van der Waals surface area (Å²) in [6.45, 7) is 4.86. The Kier molecular flexibility index (Phi) is 6.99. The molecular formula is C22H27N3O4S. The molecule has 1 N–H and O–H groups in total. The third kappa shape index (κ3) is 4.60. The Bertz CT molecular complexity index is 942. The average Bonchev–Trinajstić information content (AvgIpc) is 3.23. The highest BCUT2D eigenvalue weighted by atomic mass is 32.1. The number of hydrogen-bond donors (Lipinski definition) is 1. The second-order valence-corrected chi connectivity index (χ2v) is 8.55. The number of thiazole rings is 1. The number of benzene rings is 1. The number of aryl methyl sites for hydroxylation is 2. The maximum absolute atomic E-state index is 13.5. The van der Waals surface area contributed by atoms with Crippen molar-refractivity contribution in [3.63, 3.8) is 0 Å². The van der Waals surface area contributed by atoms with Crippen LogP contribution in [0.1, 0.15) is 41.1 Å². The van der Waals surface area contributed by atoms with Gasteiger partial charge in [-0.1, -0.05) is 24.3 Å². The highest BCUT2D eigenvalue weighted by molar-refractivity contribution is 7.09. The zero-order chi connectivity index (χ0) is 21.7. The number of amides is 3. The lowest BCUT2D eigenvalue weighted by molar-refractivity contribution is -0.141. The van der Waals surface area contributed by atoms with Crippen molar-refractivity contribution in [1.29, 1.82) is 0 Å². The molecule has 8 heteroatoms. The summed E-state index contributed by atoms with van der Waals surface area (Å²) in [4.78, 5) is 44.7. The van der Waals surface area contributed by atoms with E-state index in [1.807, 2.05) is 43.5 Å². The van der Waals surface area contributed by atoms with E-state index in [2.05, 4.69) is 10.3 Å². The second kappa shape index (κ2) is 9.49. The molecule has 2 aromatic rings. The fourth-order valence-electron chi connectivity index (χ4n) is 3.94. The van der Waals surface area contributed by atoms with Crippen molar-refractivity contribution >= 4 is 29.1 Å². The Hall–Kier alpha value is -2.58. The Morgan fingerprint density at radius 3 is 2.73 bits per heavy atom. The zero-order valence-corrected chi connectivity index (χ0v) is 18.4. The fraction of sp³-hybridized carbons (Fsp3) is 0.455. The number of imide groups is 1. The number of carbonyl (C=O) groups excluding carboxylic acids is 3. The Balaban J connectivity index is 1.84. The molecule has 30 heavy (non-hydrogen) atoms. The van der Waals surface area contributed by atoms with Gasteiger partial charge in [-0.25, -0.2) is 4.98 Å². The van der Waals surface area contributed by atoms with Gasteiger partial charge in [0.25, 0.3) is 0 Å². The van der Waals surface area contributed by atoms with E-state index in [-0.39, 0.29) is 30.6 Å². The van der Waals surface area contributed by atoms with Gasteiger partial charge >= 0.3 is 0 Å². The molecule has 1 aromatic heterocycles. The smallest absolute Gasteiger partial charge is 0.240 e. The Morgan fingerprint density at radius 1 is 1.30 bits per heavy atom. The molecule has 0 radical (unpaired) electrons. The van der Waals surface area contributed by atoms with Gasteiger partial charge in [-0.05, 0) is 31.4 Å². The van der Waals surface area contributed by atoms with E-state index in [1.165, 1.54) is 16.2 Å². The number of hydrogen-bond acceptors (Lipinski definition) is 6. The first kappa shape index (κ1) is 22.1. The quantitative estimate of drug-likeness (QED) is 0.489. The summed E-state index contributed by atoms with van der Waals surface area (Å²) in [5.41, 5.74) is 1.35. The number of nitrogens with one attached hydrogen (secondary N) is 1. The van der Waals surface area contributed by atoms with Crippen LogP contribution in [0.15, 0.2) is 29.6 Å². The number of carbonyl (C=O) groups is 3. The fourth-order valence-corrected chi connectivity index (χ4v) is 4.65. The van der Waals surface area contributed by atoms with E-state index >= 15 is 0 Å². The molecule has 3 amide bonds. The van der Waals surface area contributed by atoms with Gasteiger partial charge in [0, 0.05) is 44.2 Å². The maximum atomic E-state index is 13.5. The largest absolute Gasteiger partial charge is 0.385 e. The molecule has 0 unspecified atom stereocenters. The van der Waals surface area contributed by atoms with E-state index in [4.69, 9.17) is 4.74 Å². The lowest BCUT2D eigenvalue weighted by Crippen LogP contribution is -2.43. The lowest BCUT2D eigenvalue weighted by Gasteiger charge is -2.28. The van der Waals surface area contributed by atoms with Crippen molar-refractivity contribution in [1.82, 2.24) is 15.2 Å². The van der Waals surface area contributed by atoms with Crippen molar-refractivity contribution in [2.45, 2.75) is 45.1 Å². The molecule has 1 aliphatic rings. The lowest BCUT2D eigenvalue weighted by atomic mass is 9.74. The summed E-state index contributed by atoms with van der Waals surface area (Å²) in [5, 5.41) is 5.59. The molecule has 7 nitrogen and oxygen atoms in total. The number of methoxy groups -OCH3 is 1. The highest BCUT2D eigenvalue weighted by Crippen LogP contribution is 2.41. The van der Waals surface area contributed by atoms with Crippen LogP contribution in [-0.2, 0) is 31.1 Å². The van der Waals surface area contributed by atoms with Gasteiger partial charge in [-0.3, -0.25) is 19.3 Å². The summed E-state index contributed by atoms with van der Waals surface area (Å²) in [5.74, 6) is -0.827. The number of likely N-dealkylation sites (tertiary alicyclic amines) is 1. The molecule has 0 spiro atoms. The van der Waals surface area contributed by atoms with E-state index in [9.17, 15) is 14.4 Å². The zero-order valence-electron chi connectivity index (χ0n) is 17.6. The SMILES string of the molecule is COCCCN1C(=O)C[C@@](CC(=O)NCc2nc(C)cs2)(c2ccccc2C)C1=O. The number of ether oxygens (including phenoxy) is 1. The summed E-state index contributed by atoms with van der Waals surface area (Å²) in [6.07, 6.45) is 0.481. The van der Waals surface area contributed by atoms with Crippen LogP contribution in [0.25, 0.3) is 0 Å². The van der Waals surface area contributed by atoms with Gasteiger partial charge in [0.1, 0.15) is 5.01 Å². The van der Waals surface area contributed by atoms with Gasteiger partial charge in [0.05, 0.1) is 12.0 Å². The molecular weight excluding hydrogens is 402 g/mol. The third-order valence-corrected chi connectivity index (χ3v) is 6.33. The summed E-state index contributed by atoms with van der Waals surface area (Å²) < 4.78 is 5.05. The summed E-state index contributed by atoms with van der Waals surface area (Å²) in [6, 6.07) is 7.47. The molecule has 160 valence electrons. The molecule has 2 heterocycles. The number of rotatable bonds is 9. The number of nitrogens with zero attached hydrogens (tertiary/aromatic N) is 2. The van der Waals surface area contributed by atoms with Gasteiger partial charge in [-0.15, -0.1) is 11.3 Å². The van der Waals surface area contributed by atoms with Crippen LogP contribution in [0.3, 0.4) is 0 Å². The van der Waals surface area contributed by atoms with Crippen LogP contribution in [0.2, 0.25) is 0 Å². The Labute approximate surface area is 180 Å². The molecule has 1 aromatic carbocycles. The van der Waals surface area contributed by atoms with Crippen LogP contribution in [0.5, 0.6) is 0 Å². The normalized spacial score (nSPS) is 18.8. The molecule has 1 saturated heterocycles. The minimum absolute atomic E-state index is 0.00650. The third-order valence-electron chi connectivity index (χ3n) is 5.37. The van der Waals surface area contributed by atoms with Gasteiger partial charge < -0.3 is 10.1 Å². The van der Waals surface area contributed by atoms with Crippen LogP contribution in [0, 0.1) is 13.8 Å². The minimum atomic E-state index is -1.18. The molecule has 1 aliphatic heterocycles. The molecule has 0 saturated carbocycles. The monoisotopic (exact) mass is 429 g/mol. The molecule has 0 bridgehead atoms. The second-order valence-electron chi connectivity index (χ2n) is 7.61. The molecule has 0 aliphatic carbocycles. The predicted octanol–water partition coefficient (Wildman–Crippen LogP) is 2.50. The van der Waals surface area contributed by atoms with Gasteiger partial charge in [-0.2, -0.15) is 0 Å². The van der Waals surface area contributed by atoms with Crippen molar-refractivity contribution in [2.24, 2.45) is 0 Å². The molecule has 3 rings (SSSR count). The van der Waals surface area contributed by atoms with Gasteiger partial charge in [0.2, 0.25) is 17.7 Å². The van der Waals surface area contributed by atoms with Crippen LogP contribution in [0.4, 0.5) is 0 Å². The first-order valence-corrected chi connectivity index (χ1v) is 10.8. The predicted molar refractivity (Wildman–Crippen MR) is 114 cm³/mol. The Morgan fingerprint density at radius 2 is 2.07 bits per heavy atom. The maximum Gasteiger partial charge on any atom is 0.240 e. The summed E-state index contributed by atoms with van der Waals surface area (Å²) in [7, 11) is 1.58. The van der Waals surface area contributed by atoms with E-state index in [0.717, 1.165) is 21.8 Å². The van der Waals surface area contributed by atoms with Crippen LogP contribution in [-0.4, -0.2) is 47.9 Å². The standard InChI is InChI=1S/C22H27N3O4S/c1-15-7-4-5-8-17(15)22(11-18(26)23-13-19-24-16(2)14-30-19)12-20(27)25(21(22)28)9-6-10-29-3/h4-5,7-8,14H,6,9-13H2,1-3H3,(H,23,26)/t22-/m0/s1. The van der Waals surface area contributed by atoms with Gasteiger partial charge in [0.15, 0.2) is 0 Å². The highest BCUT2D eigenvalue weighted by Gasteiger charge is 2.53. The van der Waals surface area contributed by atoms with Crippen molar-refractivity contribution in [3.8, 4) is 0 Å². The average molecular weight is 430 g/mol. The van der Waals surface area contributed by atoms with Crippen LogP contribution < -0.4 is 5.32 Å². The van der Waals surface area contributed by atoms with E-state index in [1.54, 1.807) is 7.11 Å². The van der Waals surface area contributed by atoms with Crippen LogP contribution >= 0.6 is 11.3 Å². The first-order valence-electron chi connectivity index (χ1n) is 9.95. The molecule has 1 fully saturated rings. The van der Waals surface area contributed by atoms with Crippen molar-refractivity contribution < 1.29 is 19.1 Å². The first-order chi connectivity index (χ1) is 14.4. The minimum Gasteiger partial charge on any atom is -0.385 e. The topological polar surface area (TPSA) is 88.6 Å².